The van der Waals surface area contributed by atoms with Crippen molar-refractivity contribution >= 4 is 11.4 Å². The molecule has 4 nitrogen and oxygen atoms in total. The van der Waals surface area contributed by atoms with Gasteiger partial charge in [0.25, 0.3) is 0 Å². The Kier molecular flexibility index (Phi) is 3.80. The summed E-state index contributed by atoms with van der Waals surface area (Å²) in [5.41, 5.74) is 15.0. The molecule has 4 heteroatoms. The molecule has 0 fully saturated rings. The molecule has 0 spiro atoms. The Morgan fingerprint density at radius 3 is 1.63 bits per heavy atom. The van der Waals surface area contributed by atoms with Crippen molar-refractivity contribution in [1.82, 2.24) is 0 Å². The molecule has 0 heterocycles. The van der Waals surface area contributed by atoms with E-state index in [0.717, 1.165) is 11.1 Å². The molecule has 2 rings (SSSR count). The van der Waals surface area contributed by atoms with Crippen LogP contribution < -0.4 is 20.9 Å². The van der Waals surface area contributed by atoms with Crippen molar-refractivity contribution in [2.75, 3.05) is 18.3 Å². The first-order chi connectivity index (χ1) is 9.09. The predicted molar refractivity (Wildman–Crippen MR) is 77.3 cm³/mol. The highest BCUT2D eigenvalue weighted by Gasteiger charge is 2.05. The van der Waals surface area contributed by atoms with Gasteiger partial charge in [0.2, 0.25) is 6.79 Å². The summed E-state index contributed by atoms with van der Waals surface area (Å²) in [6.07, 6.45) is 0. The van der Waals surface area contributed by atoms with Crippen molar-refractivity contribution in [2.24, 2.45) is 0 Å². The number of ether oxygens (including phenoxy) is 2. The van der Waals surface area contributed by atoms with Crippen LogP contribution in [0.1, 0.15) is 11.1 Å². The lowest BCUT2D eigenvalue weighted by Gasteiger charge is -2.13. The Labute approximate surface area is 112 Å². The standard InChI is InChI=1S/C15H18N2O2/c1-10-5-3-7-12(14(10)16)18-9-19-13-8-4-6-11(2)15(13)17/h3-8H,9,16-17H2,1-2H3. The van der Waals surface area contributed by atoms with Gasteiger partial charge in [-0.05, 0) is 37.1 Å². The third-order valence-electron chi connectivity index (χ3n) is 3.00. The van der Waals surface area contributed by atoms with Crippen LogP contribution in [0.4, 0.5) is 11.4 Å². The smallest absolute Gasteiger partial charge is 0.231 e. The van der Waals surface area contributed by atoms with E-state index in [2.05, 4.69) is 0 Å². The number of para-hydroxylation sites is 2. The average molecular weight is 258 g/mol. The fourth-order valence-electron chi connectivity index (χ4n) is 1.72. The number of rotatable bonds is 4. The normalized spacial score (nSPS) is 10.2. The van der Waals surface area contributed by atoms with E-state index in [9.17, 15) is 0 Å². The molecule has 0 unspecified atom stereocenters. The predicted octanol–water partition coefficient (Wildman–Crippen LogP) is 2.88. The van der Waals surface area contributed by atoms with Crippen LogP contribution >= 0.6 is 0 Å². The van der Waals surface area contributed by atoms with E-state index in [0.29, 0.717) is 22.9 Å². The number of nitrogens with two attached hydrogens (primary N) is 2. The fraction of sp³-hybridized carbons (Fsp3) is 0.200. The molecular formula is C15H18N2O2. The van der Waals surface area contributed by atoms with Crippen LogP contribution in [0.25, 0.3) is 0 Å². The number of benzene rings is 2. The summed E-state index contributed by atoms with van der Waals surface area (Å²) in [4.78, 5) is 0. The highest BCUT2D eigenvalue weighted by atomic mass is 16.7. The van der Waals surface area contributed by atoms with E-state index in [1.807, 2.05) is 50.2 Å². The van der Waals surface area contributed by atoms with Gasteiger partial charge in [0.05, 0.1) is 11.4 Å². The maximum Gasteiger partial charge on any atom is 0.231 e. The van der Waals surface area contributed by atoms with Crippen LogP contribution in [-0.4, -0.2) is 6.79 Å². The lowest BCUT2D eigenvalue weighted by molar-refractivity contribution is 0.121. The molecule has 4 N–H and O–H groups in total. The molecular weight excluding hydrogens is 240 g/mol. The first kappa shape index (κ1) is 13.1. The number of nitrogen functional groups attached to an aromatic ring is 2. The first-order valence-corrected chi connectivity index (χ1v) is 6.05. The van der Waals surface area contributed by atoms with Crippen LogP contribution in [0.15, 0.2) is 36.4 Å². The molecule has 100 valence electrons. The third-order valence-corrected chi connectivity index (χ3v) is 3.00. The van der Waals surface area contributed by atoms with E-state index < -0.39 is 0 Å². The zero-order chi connectivity index (χ0) is 13.8. The van der Waals surface area contributed by atoms with E-state index in [1.54, 1.807) is 0 Å². The van der Waals surface area contributed by atoms with Crippen LogP contribution in [0.5, 0.6) is 11.5 Å². The summed E-state index contributed by atoms with van der Waals surface area (Å²) in [7, 11) is 0. The van der Waals surface area contributed by atoms with Crippen molar-refractivity contribution in [3.8, 4) is 11.5 Å². The Hall–Kier alpha value is -2.36. The molecule has 0 aliphatic heterocycles. The molecule has 0 saturated heterocycles. The highest BCUT2D eigenvalue weighted by Crippen LogP contribution is 2.26. The van der Waals surface area contributed by atoms with E-state index in [1.165, 1.54) is 0 Å². The van der Waals surface area contributed by atoms with Crippen molar-refractivity contribution in [3.63, 3.8) is 0 Å². The Balaban J connectivity index is 2.00. The SMILES string of the molecule is Cc1cccc(OCOc2cccc(C)c2N)c1N. The molecule has 0 atom stereocenters. The second kappa shape index (κ2) is 5.52. The highest BCUT2D eigenvalue weighted by molar-refractivity contribution is 5.58. The lowest BCUT2D eigenvalue weighted by atomic mass is 10.2. The maximum absolute atomic E-state index is 5.91. The number of hydrogen-bond donors (Lipinski definition) is 2. The van der Waals surface area contributed by atoms with E-state index >= 15 is 0 Å². The van der Waals surface area contributed by atoms with Crippen molar-refractivity contribution in [3.05, 3.63) is 47.5 Å². The van der Waals surface area contributed by atoms with Gasteiger partial charge in [0.1, 0.15) is 11.5 Å². The van der Waals surface area contributed by atoms with Gasteiger partial charge in [-0.1, -0.05) is 24.3 Å². The van der Waals surface area contributed by atoms with Gasteiger partial charge in [-0.3, -0.25) is 0 Å². The van der Waals surface area contributed by atoms with Crippen molar-refractivity contribution in [1.29, 1.82) is 0 Å². The summed E-state index contributed by atoms with van der Waals surface area (Å²) in [5.74, 6) is 1.23. The summed E-state index contributed by atoms with van der Waals surface area (Å²) >= 11 is 0. The topological polar surface area (TPSA) is 70.5 Å². The maximum atomic E-state index is 5.91. The summed E-state index contributed by atoms with van der Waals surface area (Å²) in [6, 6.07) is 11.3. The van der Waals surface area contributed by atoms with Gasteiger partial charge >= 0.3 is 0 Å². The van der Waals surface area contributed by atoms with Crippen molar-refractivity contribution in [2.45, 2.75) is 13.8 Å². The largest absolute Gasteiger partial charge is 0.455 e. The minimum absolute atomic E-state index is 0.0707. The van der Waals surface area contributed by atoms with Crippen LogP contribution in [0.2, 0.25) is 0 Å². The van der Waals surface area contributed by atoms with Gasteiger partial charge in [-0.25, -0.2) is 0 Å². The third kappa shape index (κ3) is 2.91. The molecule has 0 amide bonds. The Morgan fingerprint density at radius 1 is 0.789 bits per heavy atom. The molecule has 2 aromatic carbocycles. The van der Waals surface area contributed by atoms with Gasteiger partial charge in [-0.15, -0.1) is 0 Å². The van der Waals surface area contributed by atoms with Gasteiger partial charge < -0.3 is 20.9 Å². The zero-order valence-electron chi connectivity index (χ0n) is 11.1. The van der Waals surface area contributed by atoms with Crippen molar-refractivity contribution < 1.29 is 9.47 Å². The number of hydrogen-bond acceptors (Lipinski definition) is 4. The molecule has 0 radical (unpaired) electrons. The van der Waals surface area contributed by atoms with Crippen LogP contribution in [0.3, 0.4) is 0 Å². The molecule has 0 aliphatic rings. The zero-order valence-corrected chi connectivity index (χ0v) is 11.1. The second-order valence-electron chi connectivity index (χ2n) is 4.38. The molecule has 0 bridgehead atoms. The fourth-order valence-corrected chi connectivity index (χ4v) is 1.72. The quantitative estimate of drug-likeness (QED) is 0.653. The minimum Gasteiger partial charge on any atom is -0.455 e. The minimum atomic E-state index is 0.0707. The second-order valence-corrected chi connectivity index (χ2v) is 4.38. The summed E-state index contributed by atoms with van der Waals surface area (Å²) < 4.78 is 11.0. The molecule has 0 aliphatic carbocycles. The van der Waals surface area contributed by atoms with Gasteiger partial charge in [-0.2, -0.15) is 0 Å². The van der Waals surface area contributed by atoms with Gasteiger partial charge in [0.15, 0.2) is 0 Å². The molecule has 19 heavy (non-hydrogen) atoms. The molecule has 0 aromatic heterocycles. The Bertz CT molecular complexity index is 531. The van der Waals surface area contributed by atoms with E-state index in [4.69, 9.17) is 20.9 Å². The van der Waals surface area contributed by atoms with Crippen LogP contribution in [0, 0.1) is 13.8 Å². The molecule has 0 saturated carbocycles. The molecule has 2 aromatic rings. The van der Waals surface area contributed by atoms with Crippen LogP contribution in [-0.2, 0) is 0 Å². The number of anilines is 2. The average Bonchev–Trinajstić information content (AvgIpc) is 2.39. The first-order valence-electron chi connectivity index (χ1n) is 6.05. The summed E-state index contributed by atoms with van der Waals surface area (Å²) in [6.45, 7) is 3.94. The monoisotopic (exact) mass is 258 g/mol. The summed E-state index contributed by atoms with van der Waals surface area (Å²) in [5, 5.41) is 0. The van der Waals surface area contributed by atoms with Gasteiger partial charge in [0, 0.05) is 0 Å². The van der Waals surface area contributed by atoms with E-state index in [-0.39, 0.29) is 6.79 Å². The number of aryl methyl sites for hydroxylation is 2. The lowest BCUT2D eigenvalue weighted by Crippen LogP contribution is -2.09. The Morgan fingerprint density at radius 2 is 1.21 bits per heavy atom.